The zero-order valence-electron chi connectivity index (χ0n) is 9.62. The van der Waals surface area contributed by atoms with Crippen LogP contribution >= 0.6 is 11.3 Å². The maximum Gasteiger partial charge on any atom is 0.340 e. The van der Waals surface area contributed by atoms with Crippen LogP contribution in [-0.2, 0) is 9.53 Å². The van der Waals surface area contributed by atoms with Gasteiger partial charge in [-0.3, -0.25) is 4.79 Å². The highest BCUT2D eigenvalue weighted by molar-refractivity contribution is 7.16. The predicted molar refractivity (Wildman–Crippen MR) is 63.9 cm³/mol. The first kappa shape index (κ1) is 12.7. The minimum Gasteiger partial charge on any atom is -0.465 e. The minimum atomic E-state index is -0.420. The molecule has 0 saturated heterocycles. The molecule has 1 heterocycles. The number of aryl methyl sites for hydroxylation is 1. The van der Waals surface area contributed by atoms with Crippen LogP contribution in [0.4, 0.5) is 5.00 Å². The lowest BCUT2D eigenvalue weighted by Gasteiger charge is -2.03. The second-order valence-corrected chi connectivity index (χ2v) is 4.65. The number of ether oxygens (including phenoxy) is 1. The van der Waals surface area contributed by atoms with E-state index in [4.69, 9.17) is 0 Å². The second-order valence-electron chi connectivity index (χ2n) is 3.39. The highest BCUT2D eigenvalue weighted by Crippen LogP contribution is 2.28. The van der Waals surface area contributed by atoms with Gasteiger partial charge in [-0.2, -0.15) is 0 Å². The number of carbonyl (C=O) groups is 2. The van der Waals surface area contributed by atoms with Crippen LogP contribution in [0.1, 0.15) is 35.0 Å². The van der Waals surface area contributed by atoms with Gasteiger partial charge in [-0.25, -0.2) is 4.79 Å². The number of carbonyl (C=O) groups excluding carboxylic acids is 2. The molecule has 1 amide bonds. The van der Waals surface area contributed by atoms with Crippen LogP contribution < -0.4 is 5.32 Å². The summed E-state index contributed by atoms with van der Waals surface area (Å²) in [7, 11) is 1.33. The van der Waals surface area contributed by atoms with Crippen molar-refractivity contribution in [3.8, 4) is 0 Å². The van der Waals surface area contributed by atoms with Crippen LogP contribution in [0.3, 0.4) is 0 Å². The number of amides is 1. The van der Waals surface area contributed by atoms with Crippen molar-refractivity contribution < 1.29 is 14.3 Å². The third-order valence-electron chi connectivity index (χ3n) is 1.99. The fourth-order valence-corrected chi connectivity index (χ4v) is 2.20. The molecular weight excluding hydrogens is 226 g/mol. The van der Waals surface area contributed by atoms with Gasteiger partial charge >= 0.3 is 5.97 Å². The maximum absolute atomic E-state index is 11.4. The first-order chi connectivity index (χ1) is 7.58. The minimum absolute atomic E-state index is 0.0745. The Labute approximate surface area is 98.6 Å². The lowest BCUT2D eigenvalue weighted by atomic mass is 10.3. The van der Waals surface area contributed by atoms with E-state index in [0.29, 0.717) is 17.0 Å². The molecule has 1 N–H and O–H groups in total. The van der Waals surface area contributed by atoms with Crippen LogP contribution in [0.25, 0.3) is 0 Å². The summed E-state index contributed by atoms with van der Waals surface area (Å²) in [4.78, 5) is 23.8. The summed E-state index contributed by atoms with van der Waals surface area (Å²) in [5.74, 6) is -0.495. The predicted octanol–water partition coefficient (Wildman–Crippen LogP) is 2.58. The van der Waals surface area contributed by atoms with E-state index >= 15 is 0 Å². The Morgan fingerprint density at radius 1 is 1.50 bits per heavy atom. The van der Waals surface area contributed by atoms with Crippen molar-refractivity contribution in [2.24, 2.45) is 0 Å². The third-order valence-corrected chi connectivity index (χ3v) is 2.96. The molecule has 88 valence electrons. The van der Waals surface area contributed by atoms with Gasteiger partial charge in [-0.1, -0.05) is 6.92 Å². The molecule has 0 fully saturated rings. The van der Waals surface area contributed by atoms with Crippen molar-refractivity contribution >= 4 is 28.2 Å². The molecule has 1 aromatic rings. The number of anilines is 1. The summed E-state index contributed by atoms with van der Waals surface area (Å²) in [6.07, 6.45) is 1.24. The van der Waals surface area contributed by atoms with Crippen molar-refractivity contribution in [3.63, 3.8) is 0 Å². The Morgan fingerprint density at radius 2 is 2.19 bits per heavy atom. The van der Waals surface area contributed by atoms with E-state index in [2.05, 4.69) is 10.1 Å². The van der Waals surface area contributed by atoms with E-state index in [9.17, 15) is 9.59 Å². The summed E-state index contributed by atoms with van der Waals surface area (Å²) >= 11 is 1.38. The van der Waals surface area contributed by atoms with E-state index < -0.39 is 5.97 Å². The number of esters is 1. The second kappa shape index (κ2) is 5.65. The molecule has 4 nitrogen and oxygen atoms in total. The summed E-state index contributed by atoms with van der Waals surface area (Å²) in [6, 6.07) is 1.72. The summed E-state index contributed by atoms with van der Waals surface area (Å²) in [6.45, 7) is 3.81. The van der Waals surface area contributed by atoms with Crippen molar-refractivity contribution in [2.45, 2.75) is 26.7 Å². The molecular formula is C11H15NO3S. The van der Waals surface area contributed by atoms with E-state index in [-0.39, 0.29) is 5.91 Å². The molecule has 0 radical (unpaired) electrons. The molecule has 5 heteroatoms. The van der Waals surface area contributed by atoms with Gasteiger partial charge in [0.15, 0.2) is 0 Å². The highest BCUT2D eigenvalue weighted by Gasteiger charge is 2.16. The fraction of sp³-hybridized carbons (Fsp3) is 0.455. The molecule has 0 aliphatic carbocycles. The van der Waals surface area contributed by atoms with E-state index in [0.717, 1.165) is 11.3 Å². The SMILES string of the molecule is CCCC(=O)Nc1sc(C)cc1C(=O)OC. The van der Waals surface area contributed by atoms with Crippen molar-refractivity contribution in [1.82, 2.24) is 0 Å². The van der Waals surface area contributed by atoms with E-state index in [1.54, 1.807) is 6.07 Å². The number of thiophene rings is 1. The number of rotatable bonds is 4. The van der Waals surface area contributed by atoms with Gasteiger partial charge in [0.1, 0.15) is 5.00 Å². The van der Waals surface area contributed by atoms with E-state index in [1.165, 1.54) is 18.4 Å². The number of hydrogen-bond donors (Lipinski definition) is 1. The molecule has 0 spiro atoms. The van der Waals surface area contributed by atoms with Crippen molar-refractivity contribution in [1.29, 1.82) is 0 Å². The summed E-state index contributed by atoms with van der Waals surface area (Å²) in [5, 5.41) is 3.30. The smallest absolute Gasteiger partial charge is 0.340 e. The van der Waals surface area contributed by atoms with Crippen LogP contribution in [0.5, 0.6) is 0 Å². The van der Waals surface area contributed by atoms with Gasteiger partial charge < -0.3 is 10.1 Å². The molecule has 16 heavy (non-hydrogen) atoms. The molecule has 0 aromatic carbocycles. The summed E-state index contributed by atoms with van der Waals surface area (Å²) < 4.78 is 4.65. The van der Waals surface area contributed by atoms with Gasteiger partial charge in [0.25, 0.3) is 0 Å². The van der Waals surface area contributed by atoms with Crippen LogP contribution in [0.15, 0.2) is 6.07 Å². The Hall–Kier alpha value is -1.36. The Kier molecular flexibility index (Phi) is 4.49. The monoisotopic (exact) mass is 241 g/mol. The number of methoxy groups -OCH3 is 1. The Bertz CT molecular complexity index is 398. The normalized spacial score (nSPS) is 9.94. The maximum atomic E-state index is 11.4. The van der Waals surface area contributed by atoms with Crippen LogP contribution in [0, 0.1) is 6.92 Å². The topological polar surface area (TPSA) is 55.4 Å². The average Bonchev–Trinajstić information content (AvgIpc) is 2.58. The summed E-state index contributed by atoms with van der Waals surface area (Å²) in [5.41, 5.74) is 0.425. The van der Waals surface area contributed by atoms with E-state index in [1.807, 2.05) is 13.8 Å². The van der Waals surface area contributed by atoms with Crippen LogP contribution in [0.2, 0.25) is 0 Å². The standard InChI is InChI=1S/C11H15NO3S/c1-4-5-9(13)12-10-8(11(14)15-3)6-7(2)16-10/h6H,4-5H2,1-3H3,(H,12,13). The fourth-order valence-electron chi connectivity index (χ4n) is 1.28. The Balaban J connectivity index is 2.86. The molecule has 0 saturated carbocycles. The third kappa shape index (κ3) is 3.06. The Morgan fingerprint density at radius 3 is 2.75 bits per heavy atom. The van der Waals surface area contributed by atoms with Gasteiger partial charge in [-0.05, 0) is 19.4 Å². The molecule has 0 aliphatic heterocycles. The lowest BCUT2D eigenvalue weighted by molar-refractivity contribution is -0.116. The number of hydrogen-bond acceptors (Lipinski definition) is 4. The first-order valence-electron chi connectivity index (χ1n) is 5.07. The average molecular weight is 241 g/mol. The van der Waals surface area contributed by atoms with Gasteiger partial charge in [0.05, 0.1) is 12.7 Å². The highest BCUT2D eigenvalue weighted by atomic mass is 32.1. The molecule has 0 bridgehead atoms. The first-order valence-corrected chi connectivity index (χ1v) is 5.88. The quantitative estimate of drug-likeness (QED) is 0.824. The number of nitrogens with one attached hydrogen (secondary N) is 1. The molecule has 1 aromatic heterocycles. The molecule has 0 atom stereocenters. The molecule has 0 unspecified atom stereocenters. The zero-order valence-corrected chi connectivity index (χ0v) is 10.4. The van der Waals surface area contributed by atoms with Crippen molar-refractivity contribution in [2.75, 3.05) is 12.4 Å². The van der Waals surface area contributed by atoms with Crippen LogP contribution in [-0.4, -0.2) is 19.0 Å². The molecule has 1 rings (SSSR count). The van der Waals surface area contributed by atoms with Crippen molar-refractivity contribution in [3.05, 3.63) is 16.5 Å². The van der Waals surface area contributed by atoms with Gasteiger partial charge in [0, 0.05) is 11.3 Å². The molecule has 0 aliphatic rings. The van der Waals surface area contributed by atoms with Gasteiger partial charge in [-0.15, -0.1) is 11.3 Å². The lowest BCUT2D eigenvalue weighted by Crippen LogP contribution is -2.12. The van der Waals surface area contributed by atoms with Gasteiger partial charge in [0.2, 0.25) is 5.91 Å². The largest absolute Gasteiger partial charge is 0.465 e. The zero-order chi connectivity index (χ0) is 12.1.